The Morgan fingerprint density at radius 2 is 1.00 bits per heavy atom. The van der Waals surface area contributed by atoms with Gasteiger partial charge in [-0.15, -0.1) is 0 Å². The van der Waals surface area contributed by atoms with E-state index < -0.39 is 0 Å². The highest BCUT2D eigenvalue weighted by Crippen LogP contribution is 2.62. The van der Waals surface area contributed by atoms with E-state index in [1.807, 2.05) is 0 Å². The lowest BCUT2D eigenvalue weighted by atomic mass is 9.33. The minimum atomic E-state index is -0.0775. The van der Waals surface area contributed by atoms with Crippen molar-refractivity contribution in [2.45, 2.75) is 63.2 Å². The number of benzene rings is 8. The van der Waals surface area contributed by atoms with Gasteiger partial charge in [0.25, 0.3) is 6.71 Å². The molecule has 15 rings (SSSR count). The minimum Gasteiger partial charge on any atom is -0.311 e. The summed E-state index contributed by atoms with van der Waals surface area (Å²) in [6.45, 7) is 4.85. The van der Waals surface area contributed by atoms with Crippen LogP contribution in [-0.4, -0.2) is 6.71 Å². The first-order chi connectivity index (χ1) is 31.9. The highest BCUT2D eigenvalue weighted by Gasteiger charge is 2.53. The summed E-state index contributed by atoms with van der Waals surface area (Å²) in [4.78, 5) is 7.73. The first-order valence-electron chi connectivity index (χ1n) is 24.1. The van der Waals surface area contributed by atoms with E-state index in [-0.39, 0.29) is 17.5 Å². The van der Waals surface area contributed by atoms with Gasteiger partial charge in [0.15, 0.2) is 0 Å². The van der Waals surface area contributed by atoms with E-state index in [4.69, 9.17) is 0 Å². The predicted molar refractivity (Wildman–Crippen MR) is 273 cm³/mol. The second-order valence-electron chi connectivity index (χ2n) is 20.8. The van der Waals surface area contributed by atoms with Crippen LogP contribution in [0.2, 0.25) is 0 Å². The quantitative estimate of drug-likeness (QED) is 0.155. The normalized spacial score (nSPS) is 22.2. The van der Waals surface area contributed by atoms with Crippen LogP contribution in [0.3, 0.4) is 0 Å². The Labute approximate surface area is 384 Å². The number of hydrogen-bond donors (Lipinski definition) is 0. The van der Waals surface area contributed by atoms with Crippen LogP contribution in [0, 0.1) is 17.8 Å². The molecule has 5 aliphatic carbocycles. The Bertz CT molecular complexity index is 3120. The Balaban J connectivity index is 1.08. The zero-order chi connectivity index (χ0) is 43.0. The maximum Gasteiger partial charge on any atom is 0.252 e. The maximum atomic E-state index is 2.71. The van der Waals surface area contributed by atoms with Crippen molar-refractivity contribution in [1.29, 1.82) is 0 Å². The molecule has 0 radical (unpaired) electrons. The number of fused-ring (bicyclic) bond motifs is 7. The van der Waals surface area contributed by atoms with Gasteiger partial charge in [0.1, 0.15) is 0 Å². The molecule has 0 atom stereocenters. The van der Waals surface area contributed by atoms with Gasteiger partial charge in [0.05, 0.1) is 0 Å². The summed E-state index contributed by atoms with van der Waals surface area (Å²) in [7, 11) is 0. The molecule has 4 fully saturated rings. The van der Waals surface area contributed by atoms with Crippen molar-refractivity contribution in [3.8, 4) is 11.1 Å². The van der Waals surface area contributed by atoms with Crippen LogP contribution < -0.4 is 31.1 Å². The van der Waals surface area contributed by atoms with E-state index in [1.54, 1.807) is 5.56 Å². The number of nitrogens with zero attached hydrogens (tertiary/aromatic N) is 3. The lowest BCUT2D eigenvalue weighted by Gasteiger charge is -2.57. The predicted octanol–water partition coefficient (Wildman–Crippen LogP) is 14.0. The van der Waals surface area contributed by atoms with Gasteiger partial charge in [-0.05, 0) is 185 Å². The van der Waals surface area contributed by atoms with Crippen molar-refractivity contribution >= 4 is 74.3 Å². The average Bonchev–Trinajstić information content (AvgIpc) is 3.57. The molecule has 4 bridgehead atoms. The fourth-order valence-corrected chi connectivity index (χ4v) is 14.4. The van der Waals surface area contributed by atoms with Crippen LogP contribution in [0.15, 0.2) is 188 Å². The highest BCUT2D eigenvalue weighted by atomic mass is 15.2. The van der Waals surface area contributed by atoms with E-state index in [0.29, 0.717) is 0 Å². The molecule has 4 saturated carbocycles. The minimum absolute atomic E-state index is 0.0536. The van der Waals surface area contributed by atoms with Gasteiger partial charge in [-0.2, -0.15) is 0 Å². The van der Waals surface area contributed by atoms with Crippen molar-refractivity contribution in [3.63, 3.8) is 0 Å². The van der Waals surface area contributed by atoms with Crippen LogP contribution in [0.1, 0.15) is 69.1 Å². The smallest absolute Gasteiger partial charge is 0.252 e. The molecule has 0 saturated heterocycles. The summed E-state index contributed by atoms with van der Waals surface area (Å²) in [6.07, 6.45) is 8.23. The topological polar surface area (TPSA) is 9.72 Å². The van der Waals surface area contributed by atoms with Gasteiger partial charge in [0, 0.05) is 56.6 Å². The molecule has 0 aromatic heterocycles. The van der Waals surface area contributed by atoms with Gasteiger partial charge in [-0.3, -0.25) is 0 Å². The lowest BCUT2D eigenvalue weighted by molar-refractivity contribution is -0.00514. The van der Waals surface area contributed by atoms with Gasteiger partial charge in [-0.1, -0.05) is 123 Å². The molecule has 65 heavy (non-hydrogen) atoms. The van der Waals surface area contributed by atoms with Gasteiger partial charge in [-0.25, -0.2) is 0 Å². The molecule has 0 unspecified atom stereocenters. The summed E-state index contributed by atoms with van der Waals surface area (Å²) in [5, 5.41) is 0. The SMILES string of the molecule is CC1(C)c2ccccc2-c2cc(N3c4cc(N(c5ccccc5)c5ccccc5)ccc4B4c5ccccc5N(c5ccccc5)c5cc(C67CC8CC(CC(C8)C6)C7)cc3c54)ccc21. The molecule has 314 valence electrons. The van der Waals surface area contributed by atoms with Gasteiger partial charge < -0.3 is 14.7 Å². The van der Waals surface area contributed by atoms with Crippen LogP contribution >= 0.6 is 0 Å². The van der Waals surface area contributed by atoms with E-state index >= 15 is 0 Å². The molecule has 8 aromatic carbocycles. The standard InChI is InChI=1S/C61H52BN3/c1-60(2)51-23-13-12-22-49(51)50-35-47(26-28-52(50)60)65-56-36-48(63(44-16-6-3-7-17-44)45-18-8-4-9-19-45)27-29-54(56)62-53-24-14-15-25-55(53)64(46-20-10-5-11-21-46)57-33-43(34-58(65)59(57)62)61-37-40-30-41(38-61)32-42(31-40)39-61/h3-29,33-36,40-42H,30-32,37-39H2,1-2H3. The van der Waals surface area contributed by atoms with E-state index in [1.165, 1.54) is 111 Å². The Hall–Kier alpha value is -6.78. The highest BCUT2D eigenvalue weighted by molar-refractivity contribution is 7.00. The fourth-order valence-electron chi connectivity index (χ4n) is 14.4. The molecule has 0 amide bonds. The monoisotopic (exact) mass is 837 g/mol. The Morgan fingerprint density at radius 1 is 0.446 bits per heavy atom. The molecule has 8 aromatic rings. The van der Waals surface area contributed by atoms with E-state index in [2.05, 4.69) is 217 Å². The molecule has 2 aliphatic heterocycles. The summed E-state index contributed by atoms with van der Waals surface area (Å²) in [5.74, 6) is 2.52. The molecule has 3 nitrogen and oxygen atoms in total. The van der Waals surface area contributed by atoms with Crippen molar-refractivity contribution in [2.75, 3.05) is 14.7 Å². The zero-order valence-corrected chi connectivity index (χ0v) is 37.3. The molecule has 2 heterocycles. The van der Waals surface area contributed by atoms with Crippen molar-refractivity contribution in [2.24, 2.45) is 17.8 Å². The molecular formula is C61H52BN3. The molecule has 7 aliphatic rings. The van der Waals surface area contributed by atoms with Crippen LogP contribution in [0.4, 0.5) is 51.2 Å². The zero-order valence-electron chi connectivity index (χ0n) is 37.3. The number of rotatable bonds is 6. The number of para-hydroxylation sites is 4. The maximum absolute atomic E-state index is 2.71. The van der Waals surface area contributed by atoms with Crippen molar-refractivity contribution < 1.29 is 0 Å². The van der Waals surface area contributed by atoms with E-state index in [0.717, 1.165) is 34.8 Å². The summed E-state index contributed by atoms with van der Waals surface area (Å²) in [6, 6.07) is 71.5. The third-order valence-corrected chi connectivity index (χ3v) is 16.7. The van der Waals surface area contributed by atoms with Crippen LogP contribution in [-0.2, 0) is 10.8 Å². The summed E-state index contributed by atoms with van der Waals surface area (Å²) >= 11 is 0. The third-order valence-electron chi connectivity index (χ3n) is 16.7. The van der Waals surface area contributed by atoms with Gasteiger partial charge in [0.2, 0.25) is 0 Å². The second-order valence-corrected chi connectivity index (χ2v) is 20.8. The largest absolute Gasteiger partial charge is 0.311 e. The van der Waals surface area contributed by atoms with Crippen LogP contribution in [0.25, 0.3) is 11.1 Å². The van der Waals surface area contributed by atoms with Gasteiger partial charge >= 0.3 is 0 Å². The molecule has 4 heteroatoms. The summed E-state index contributed by atoms with van der Waals surface area (Å²) < 4.78 is 0. The summed E-state index contributed by atoms with van der Waals surface area (Å²) in [5.41, 5.74) is 22.3. The number of anilines is 9. The van der Waals surface area contributed by atoms with Crippen LogP contribution in [0.5, 0.6) is 0 Å². The molecular weight excluding hydrogens is 786 g/mol. The molecule has 0 spiro atoms. The van der Waals surface area contributed by atoms with E-state index in [9.17, 15) is 0 Å². The number of hydrogen-bond acceptors (Lipinski definition) is 3. The molecule has 0 N–H and O–H groups in total. The second kappa shape index (κ2) is 13.9. The first kappa shape index (κ1) is 37.6. The first-order valence-corrected chi connectivity index (χ1v) is 24.1. The van der Waals surface area contributed by atoms with Crippen molar-refractivity contribution in [1.82, 2.24) is 0 Å². The Morgan fingerprint density at radius 3 is 1.68 bits per heavy atom. The van der Waals surface area contributed by atoms with Crippen molar-refractivity contribution in [3.05, 3.63) is 205 Å². The average molecular weight is 838 g/mol. The lowest BCUT2D eigenvalue weighted by Crippen LogP contribution is -2.61. The third kappa shape index (κ3) is 5.49. The fraction of sp³-hybridized carbons (Fsp3) is 0.213. The Kier molecular flexibility index (Phi) is 8.02.